The molecule has 3 aromatic rings. The van der Waals surface area contributed by atoms with Gasteiger partial charge in [-0.1, -0.05) is 17.9 Å². The summed E-state index contributed by atoms with van der Waals surface area (Å²) in [7, 11) is 3.38. The zero-order chi connectivity index (χ0) is 24.6. The Kier molecular flexibility index (Phi) is 5.95. The summed E-state index contributed by atoms with van der Waals surface area (Å²) in [6.45, 7) is 3.63. The first-order chi connectivity index (χ1) is 16.9. The van der Waals surface area contributed by atoms with E-state index in [1.54, 1.807) is 12.1 Å². The highest BCUT2D eigenvalue weighted by Gasteiger charge is 2.29. The Morgan fingerprint density at radius 3 is 2.89 bits per heavy atom. The van der Waals surface area contributed by atoms with Crippen LogP contribution in [0.3, 0.4) is 0 Å². The molecule has 0 radical (unpaired) electrons. The summed E-state index contributed by atoms with van der Waals surface area (Å²) in [5, 5.41) is 9.69. The average Bonchev–Trinajstić information content (AvgIpc) is 3.43. The molecule has 1 amide bonds. The summed E-state index contributed by atoms with van der Waals surface area (Å²) in [6, 6.07) is 6.65. The number of hydrogen-bond acceptors (Lipinski definition) is 4. The Morgan fingerprint density at radius 1 is 1.26 bits per heavy atom. The second kappa shape index (κ2) is 9.08. The number of para-hydroxylation sites is 1. The van der Waals surface area contributed by atoms with E-state index in [2.05, 4.69) is 39.7 Å². The Bertz CT molecular complexity index is 1360. The Hall–Kier alpha value is -3.83. The Balaban J connectivity index is 1.67. The summed E-state index contributed by atoms with van der Waals surface area (Å²) in [5.41, 5.74) is 4.56. The van der Waals surface area contributed by atoms with E-state index in [-0.39, 0.29) is 17.2 Å². The molecule has 35 heavy (non-hydrogen) atoms. The average molecular weight is 475 g/mol. The van der Waals surface area contributed by atoms with E-state index in [9.17, 15) is 9.18 Å². The molecule has 0 saturated carbocycles. The third kappa shape index (κ3) is 4.35. The number of aryl methyl sites for hydroxylation is 1. The molecule has 8 heteroatoms. The smallest absolute Gasteiger partial charge is 0.255 e. The quantitative estimate of drug-likeness (QED) is 0.346. The minimum atomic E-state index is -0.483. The lowest BCUT2D eigenvalue weighted by Gasteiger charge is -2.17. The van der Waals surface area contributed by atoms with Crippen molar-refractivity contribution in [3.63, 3.8) is 0 Å². The van der Waals surface area contributed by atoms with Crippen molar-refractivity contribution in [2.75, 3.05) is 25.5 Å². The lowest BCUT2D eigenvalue weighted by atomic mass is 9.99. The highest BCUT2D eigenvalue weighted by atomic mass is 19.1. The highest BCUT2D eigenvalue weighted by Crippen LogP contribution is 2.40. The maximum absolute atomic E-state index is 14.4. The number of anilines is 2. The van der Waals surface area contributed by atoms with Crippen LogP contribution in [0.1, 0.15) is 41.4 Å². The maximum atomic E-state index is 14.4. The number of aromatic amines is 1. The number of carbonyl (C=O) groups excluding carboxylic acids is 1. The van der Waals surface area contributed by atoms with Crippen molar-refractivity contribution in [3.8, 4) is 28.8 Å². The van der Waals surface area contributed by atoms with Crippen LogP contribution in [0.5, 0.6) is 5.75 Å². The number of pyridine rings is 1. The number of carbonyl (C=O) groups is 1. The van der Waals surface area contributed by atoms with Gasteiger partial charge in [0.25, 0.3) is 5.91 Å². The standard InChI is InChI=1S/C27H28FN5O2/c1-27(11-5-13-30-27)12-8-17-16-33(2)15-10-18(17)23-24(22-20(31-23)9-14-29-26(22)34)32-21-7-4-6-19(28)25(21)35-3/h4,6-7,10,15-16,30H,5,9,11,13-14H2,1-3H3,(H2,29,31,32,34)/p+1/t27-/m1/s1. The van der Waals surface area contributed by atoms with Crippen LogP contribution in [0, 0.1) is 17.7 Å². The van der Waals surface area contributed by atoms with Gasteiger partial charge in [0.1, 0.15) is 7.05 Å². The van der Waals surface area contributed by atoms with Crippen molar-refractivity contribution < 1.29 is 18.5 Å². The number of methoxy groups -OCH3 is 1. The number of nitrogens with one attached hydrogen (secondary N) is 4. The topological polar surface area (TPSA) is 82.1 Å². The molecule has 4 heterocycles. The van der Waals surface area contributed by atoms with Crippen molar-refractivity contribution >= 4 is 17.3 Å². The van der Waals surface area contributed by atoms with Gasteiger partial charge in [-0.2, -0.15) is 0 Å². The van der Waals surface area contributed by atoms with Gasteiger partial charge in [0.15, 0.2) is 24.0 Å². The minimum absolute atomic E-state index is 0.0873. The predicted molar refractivity (Wildman–Crippen MR) is 132 cm³/mol. The summed E-state index contributed by atoms with van der Waals surface area (Å²) in [5.74, 6) is 6.23. The molecule has 1 atom stereocenters. The maximum Gasteiger partial charge on any atom is 0.255 e. The highest BCUT2D eigenvalue weighted by molar-refractivity contribution is 6.06. The van der Waals surface area contributed by atoms with Gasteiger partial charge >= 0.3 is 0 Å². The third-order valence-corrected chi connectivity index (χ3v) is 6.61. The minimum Gasteiger partial charge on any atom is -0.492 e. The SMILES string of the molecule is COc1c(F)cccc1Nc1c(-c2cc[n+](C)cc2C#C[C@@]2(C)CCCN2)[nH]c2c1C(=O)NCC2. The van der Waals surface area contributed by atoms with Crippen LogP contribution < -0.4 is 25.3 Å². The van der Waals surface area contributed by atoms with Gasteiger partial charge in [0, 0.05) is 30.3 Å². The fourth-order valence-corrected chi connectivity index (χ4v) is 4.78. The summed E-state index contributed by atoms with van der Waals surface area (Å²) in [4.78, 5) is 16.4. The molecule has 1 saturated heterocycles. The fraction of sp³-hybridized carbons (Fsp3) is 0.333. The van der Waals surface area contributed by atoms with Crippen molar-refractivity contribution in [2.45, 2.75) is 31.7 Å². The normalized spacial score (nSPS) is 18.9. The number of benzene rings is 1. The van der Waals surface area contributed by atoms with E-state index in [0.717, 1.165) is 41.9 Å². The number of hydrogen-bond donors (Lipinski definition) is 4. The van der Waals surface area contributed by atoms with Crippen LogP contribution in [0.15, 0.2) is 36.7 Å². The molecular formula is C27H29FN5O2+. The van der Waals surface area contributed by atoms with Gasteiger partial charge in [-0.3, -0.25) is 4.79 Å². The number of halogens is 1. The number of fused-ring (bicyclic) bond motifs is 1. The van der Waals surface area contributed by atoms with Crippen LogP contribution in [0.25, 0.3) is 11.3 Å². The van der Waals surface area contributed by atoms with Gasteiger partial charge in [0.2, 0.25) is 0 Å². The molecule has 1 aromatic carbocycles. The van der Waals surface area contributed by atoms with Crippen molar-refractivity contribution in [1.29, 1.82) is 0 Å². The van der Waals surface area contributed by atoms with Gasteiger partial charge < -0.3 is 25.7 Å². The van der Waals surface area contributed by atoms with Crippen molar-refractivity contribution in [2.24, 2.45) is 7.05 Å². The number of amides is 1. The van der Waals surface area contributed by atoms with Crippen LogP contribution in [0.4, 0.5) is 15.8 Å². The lowest BCUT2D eigenvalue weighted by Crippen LogP contribution is -2.34. The fourth-order valence-electron chi connectivity index (χ4n) is 4.78. The largest absolute Gasteiger partial charge is 0.492 e. The van der Waals surface area contributed by atoms with E-state index in [0.29, 0.717) is 29.9 Å². The molecule has 7 nitrogen and oxygen atoms in total. The van der Waals surface area contributed by atoms with Crippen molar-refractivity contribution in [1.82, 2.24) is 15.6 Å². The molecule has 2 aromatic heterocycles. The number of aromatic nitrogens is 2. The van der Waals surface area contributed by atoms with E-state index in [1.807, 2.05) is 30.1 Å². The van der Waals surface area contributed by atoms with Gasteiger partial charge in [-0.15, -0.1) is 0 Å². The van der Waals surface area contributed by atoms with E-state index < -0.39 is 5.82 Å². The first kappa shape index (κ1) is 22.9. The van der Waals surface area contributed by atoms with Crippen LogP contribution in [0.2, 0.25) is 0 Å². The zero-order valence-corrected chi connectivity index (χ0v) is 20.1. The summed E-state index contributed by atoms with van der Waals surface area (Å²) >= 11 is 0. The van der Waals surface area contributed by atoms with Crippen LogP contribution >= 0.6 is 0 Å². The summed E-state index contributed by atoms with van der Waals surface area (Å²) < 4.78 is 21.7. The van der Waals surface area contributed by atoms with E-state index in [4.69, 9.17) is 4.74 Å². The number of H-pyrrole nitrogens is 1. The molecule has 0 aliphatic carbocycles. The molecule has 180 valence electrons. The third-order valence-electron chi connectivity index (χ3n) is 6.61. The molecule has 5 rings (SSSR count). The molecular weight excluding hydrogens is 445 g/mol. The van der Waals surface area contributed by atoms with E-state index in [1.165, 1.54) is 13.2 Å². The number of rotatable bonds is 4. The first-order valence-corrected chi connectivity index (χ1v) is 11.8. The van der Waals surface area contributed by atoms with Gasteiger partial charge in [-0.25, -0.2) is 8.96 Å². The van der Waals surface area contributed by atoms with Crippen LogP contribution in [-0.2, 0) is 13.5 Å². The molecule has 2 aliphatic rings. The lowest BCUT2D eigenvalue weighted by molar-refractivity contribution is -0.671. The molecule has 4 N–H and O–H groups in total. The second-order valence-corrected chi connectivity index (χ2v) is 9.23. The zero-order valence-electron chi connectivity index (χ0n) is 20.1. The van der Waals surface area contributed by atoms with E-state index >= 15 is 0 Å². The molecule has 0 bridgehead atoms. The van der Waals surface area contributed by atoms with Gasteiger partial charge in [-0.05, 0) is 38.4 Å². The first-order valence-electron chi connectivity index (χ1n) is 11.8. The molecule has 2 aliphatic heterocycles. The molecule has 0 spiro atoms. The Labute approximate surface area is 204 Å². The van der Waals surface area contributed by atoms with Crippen LogP contribution in [-0.4, -0.2) is 36.6 Å². The Morgan fingerprint density at radius 2 is 2.11 bits per heavy atom. The number of nitrogens with zero attached hydrogens (tertiary/aromatic N) is 1. The van der Waals surface area contributed by atoms with Gasteiger partial charge in [0.05, 0.1) is 40.8 Å². The predicted octanol–water partition coefficient (Wildman–Crippen LogP) is 3.18. The monoisotopic (exact) mass is 474 g/mol. The molecule has 0 unspecified atom stereocenters. The second-order valence-electron chi connectivity index (χ2n) is 9.23. The number of ether oxygens (including phenoxy) is 1. The molecule has 1 fully saturated rings. The van der Waals surface area contributed by atoms with Crippen molar-refractivity contribution in [3.05, 3.63) is 59.3 Å². The summed E-state index contributed by atoms with van der Waals surface area (Å²) in [6.07, 6.45) is 6.69.